The second kappa shape index (κ2) is 11.3. The molecule has 2 aromatic carbocycles. The Hall–Kier alpha value is -2.87. The number of carbonyl (C=O) groups excluding carboxylic acids is 2. The number of nitrogens with zero attached hydrogens (tertiary/aromatic N) is 2. The molecular weight excluding hydrogens is 438 g/mol. The van der Waals surface area contributed by atoms with E-state index in [-0.39, 0.29) is 19.0 Å². The normalized spacial score (nSPS) is 12.2. The summed E-state index contributed by atoms with van der Waals surface area (Å²) in [6, 6.07) is 12.3. The third kappa shape index (κ3) is 7.05. The first-order chi connectivity index (χ1) is 15.5. The first kappa shape index (κ1) is 26.4. The highest BCUT2D eigenvalue weighted by molar-refractivity contribution is 7.92. The van der Waals surface area contributed by atoms with E-state index in [4.69, 9.17) is 0 Å². The number of rotatable bonds is 10. The molecule has 2 rings (SSSR count). The number of amides is 2. The summed E-state index contributed by atoms with van der Waals surface area (Å²) in [6.45, 7) is 9.63. The highest BCUT2D eigenvalue weighted by atomic mass is 32.2. The lowest BCUT2D eigenvalue weighted by atomic mass is 10.1. The highest BCUT2D eigenvalue weighted by Crippen LogP contribution is 2.24. The Bertz CT molecular complexity index is 1100. The molecule has 0 unspecified atom stereocenters. The van der Waals surface area contributed by atoms with Crippen LogP contribution in [0, 0.1) is 20.8 Å². The Kier molecular flexibility index (Phi) is 9.05. The van der Waals surface area contributed by atoms with Crippen LogP contribution in [0.2, 0.25) is 0 Å². The van der Waals surface area contributed by atoms with Crippen LogP contribution in [0.5, 0.6) is 0 Å². The zero-order valence-electron chi connectivity index (χ0n) is 20.4. The van der Waals surface area contributed by atoms with Gasteiger partial charge in [0.2, 0.25) is 21.8 Å². The van der Waals surface area contributed by atoms with Gasteiger partial charge < -0.3 is 10.2 Å². The van der Waals surface area contributed by atoms with Gasteiger partial charge in [0.05, 0.1) is 11.9 Å². The lowest BCUT2D eigenvalue weighted by Gasteiger charge is -2.32. The van der Waals surface area contributed by atoms with Gasteiger partial charge in [0.1, 0.15) is 12.6 Å². The minimum Gasteiger partial charge on any atom is -0.354 e. The molecule has 0 heterocycles. The van der Waals surface area contributed by atoms with Crippen molar-refractivity contribution in [3.8, 4) is 0 Å². The van der Waals surface area contributed by atoms with Gasteiger partial charge in [-0.2, -0.15) is 0 Å². The quantitative estimate of drug-likeness (QED) is 0.574. The summed E-state index contributed by atoms with van der Waals surface area (Å²) in [5.41, 5.74) is 4.10. The number of hydrogen-bond acceptors (Lipinski definition) is 4. The second-order valence-electron chi connectivity index (χ2n) is 8.47. The maximum atomic E-state index is 13.5. The van der Waals surface area contributed by atoms with E-state index in [2.05, 4.69) is 5.32 Å². The minimum atomic E-state index is -3.74. The molecule has 0 aliphatic heterocycles. The fourth-order valence-corrected chi connectivity index (χ4v) is 4.54. The van der Waals surface area contributed by atoms with Crippen LogP contribution < -0.4 is 9.62 Å². The highest BCUT2D eigenvalue weighted by Gasteiger charge is 2.30. The number of sulfonamides is 1. The second-order valence-corrected chi connectivity index (χ2v) is 10.4. The van der Waals surface area contributed by atoms with Gasteiger partial charge in [-0.1, -0.05) is 48.9 Å². The molecule has 0 aromatic heterocycles. The summed E-state index contributed by atoms with van der Waals surface area (Å²) >= 11 is 0. The summed E-state index contributed by atoms with van der Waals surface area (Å²) < 4.78 is 26.4. The van der Waals surface area contributed by atoms with E-state index in [0.717, 1.165) is 39.2 Å². The summed E-state index contributed by atoms with van der Waals surface area (Å²) in [4.78, 5) is 27.7. The lowest BCUT2D eigenvalue weighted by Crippen LogP contribution is -2.51. The molecule has 0 aliphatic carbocycles. The maximum Gasteiger partial charge on any atom is 0.244 e. The van der Waals surface area contributed by atoms with E-state index >= 15 is 0 Å². The molecular formula is C25H35N3O4S. The smallest absolute Gasteiger partial charge is 0.244 e. The Balaban J connectivity index is 2.42. The molecule has 0 saturated carbocycles. The van der Waals surface area contributed by atoms with E-state index in [9.17, 15) is 18.0 Å². The molecule has 1 N–H and O–H groups in total. The molecule has 0 radical (unpaired) electrons. The van der Waals surface area contributed by atoms with Crippen LogP contribution in [0.1, 0.15) is 42.5 Å². The Labute approximate surface area is 197 Å². The van der Waals surface area contributed by atoms with E-state index in [0.29, 0.717) is 12.2 Å². The predicted octanol–water partition coefficient (Wildman–Crippen LogP) is 3.32. The first-order valence-electron chi connectivity index (χ1n) is 11.1. The van der Waals surface area contributed by atoms with Crippen molar-refractivity contribution in [2.24, 2.45) is 0 Å². The van der Waals surface area contributed by atoms with Gasteiger partial charge in [-0.25, -0.2) is 8.42 Å². The third-order valence-electron chi connectivity index (χ3n) is 5.62. The molecule has 180 valence electrons. The van der Waals surface area contributed by atoms with Crippen molar-refractivity contribution >= 4 is 27.5 Å². The topological polar surface area (TPSA) is 86.8 Å². The predicted molar refractivity (Wildman–Crippen MR) is 133 cm³/mol. The number of anilines is 1. The number of hydrogen-bond donors (Lipinski definition) is 1. The van der Waals surface area contributed by atoms with Crippen molar-refractivity contribution in [3.63, 3.8) is 0 Å². The lowest BCUT2D eigenvalue weighted by molar-refractivity contribution is -0.139. The van der Waals surface area contributed by atoms with Crippen molar-refractivity contribution in [2.45, 2.75) is 53.6 Å². The van der Waals surface area contributed by atoms with Crippen LogP contribution in [0.25, 0.3) is 0 Å². The van der Waals surface area contributed by atoms with E-state index in [1.807, 2.05) is 64.1 Å². The minimum absolute atomic E-state index is 0.205. The van der Waals surface area contributed by atoms with Crippen molar-refractivity contribution in [1.82, 2.24) is 10.2 Å². The molecule has 0 aliphatic rings. The molecule has 0 bridgehead atoms. The largest absolute Gasteiger partial charge is 0.354 e. The van der Waals surface area contributed by atoms with E-state index < -0.39 is 22.0 Å². The number of nitrogens with one attached hydrogen (secondary N) is 1. The molecule has 2 aromatic rings. The average Bonchev–Trinajstić information content (AvgIpc) is 2.74. The van der Waals surface area contributed by atoms with Gasteiger partial charge in [-0.05, 0) is 56.9 Å². The molecule has 1 atom stereocenters. The van der Waals surface area contributed by atoms with Crippen LogP contribution in [-0.4, -0.2) is 50.5 Å². The van der Waals surface area contributed by atoms with Crippen LogP contribution in [0.4, 0.5) is 5.69 Å². The molecule has 0 saturated heterocycles. The molecule has 0 spiro atoms. The molecule has 8 heteroatoms. The first-order valence-corrected chi connectivity index (χ1v) is 13.0. The summed E-state index contributed by atoms with van der Waals surface area (Å²) in [7, 11) is -3.74. The monoisotopic (exact) mass is 473 g/mol. The summed E-state index contributed by atoms with van der Waals surface area (Å²) in [5, 5.41) is 2.83. The number of benzene rings is 2. The van der Waals surface area contributed by atoms with Gasteiger partial charge in [0, 0.05) is 13.1 Å². The summed E-state index contributed by atoms with van der Waals surface area (Å²) in [5.74, 6) is -0.709. The van der Waals surface area contributed by atoms with E-state index in [1.54, 1.807) is 13.0 Å². The zero-order valence-corrected chi connectivity index (χ0v) is 21.2. The molecule has 2 amide bonds. The van der Waals surface area contributed by atoms with Crippen molar-refractivity contribution in [3.05, 3.63) is 64.7 Å². The van der Waals surface area contributed by atoms with Crippen LogP contribution in [-0.2, 0) is 26.2 Å². The molecule has 7 nitrogen and oxygen atoms in total. The number of aryl methyl sites for hydroxylation is 3. The Morgan fingerprint density at radius 2 is 1.70 bits per heavy atom. The van der Waals surface area contributed by atoms with Crippen LogP contribution in [0.15, 0.2) is 42.5 Å². The fraction of sp³-hybridized carbons (Fsp3) is 0.440. The Morgan fingerprint density at radius 3 is 2.27 bits per heavy atom. The van der Waals surface area contributed by atoms with Crippen molar-refractivity contribution in [1.29, 1.82) is 0 Å². The van der Waals surface area contributed by atoms with Gasteiger partial charge in [0.25, 0.3) is 0 Å². The van der Waals surface area contributed by atoms with Crippen LogP contribution >= 0.6 is 0 Å². The van der Waals surface area contributed by atoms with Gasteiger partial charge in [0.15, 0.2) is 0 Å². The SMILES string of the molecule is CCCNC(=O)[C@H](C)N(Cc1ccccc1C)C(=O)CN(c1ccc(C)cc1C)S(C)(=O)=O. The van der Waals surface area contributed by atoms with Crippen molar-refractivity contribution in [2.75, 3.05) is 23.7 Å². The van der Waals surface area contributed by atoms with E-state index in [1.165, 1.54) is 4.90 Å². The standard InChI is InChI=1S/C25H35N3O4S/c1-7-14-26-25(30)21(5)27(16-22-11-9-8-10-19(22)3)24(29)17-28(33(6,31)32)23-13-12-18(2)15-20(23)4/h8-13,15,21H,7,14,16-17H2,1-6H3,(H,26,30)/t21-/m0/s1. The van der Waals surface area contributed by atoms with Gasteiger partial charge in [-0.15, -0.1) is 0 Å². The maximum absolute atomic E-state index is 13.5. The average molecular weight is 474 g/mol. The zero-order chi connectivity index (χ0) is 24.8. The fourth-order valence-electron chi connectivity index (χ4n) is 3.63. The van der Waals surface area contributed by atoms with Gasteiger partial charge >= 0.3 is 0 Å². The Morgan fingerprint density at radius 1 is 1.03 bits per heavy atom. The third-order valence-corrected chi connectivity index (χ3v) is 6.75. The van der Waals surface area contributed by atoms with Crippen molar-refractivity contribution < 1.29 is 18.0 Å². The molecule has 33 heavy (non-hydrogen) atoms. The number of carbonyl (C=O) groups is 2. The van der Waals surface area contributed by atoms with Gasteiger partial charge in [-0.3, -0.25) is 13.9 Å². The van der Waals surface area contributed by atoms with Crippen LogP contribution in [0.3, 0.4) is 0 Å². The molecule has 0 fully saturated rings. The summed E-state index contributed by atoms with van der Waals surface area (Å²) in [6.07, 6.45) is 1.86.